The molecular weight excluding hydrogens is 314 g/mol. The van der Waals surface area contributed by atoms with Gasteiger partial charge in [0, 0.05) is 17.7 Å². The molecule has 124 valence electrons. The molecule has 0 bridgehead atoms. The van der Waals surface area contributed by atoms with E-state index >= 15 is 0 Å². The van der Waals surface area contributed by atoms with Crippen LogP contribution in [-0.4, -0.2) is 27.7 Å². The Morgan fingerprint density at radius 3 is 2.46 bits per heavy atom. The minimum atomic E-state index is -0.657. The number of imide groups is 1. The van der Waals surface area contributed by atoms with E-state index in [9.17, 15) is 24.5 Å². The van der Waals surface area contributed by atoms with Crippen LogP contribution < -0.4 is 5.43 Å². The maximum Gasteiger partial charge on any atom is 0.270 e. The number of benzene rings is 1. The van der Waals surface area contributed by atoms with Gasteiger partial charge < -0.3 is 0 Å². The molecule has 1 saturated heterocycles. The third-order valence-electron chi connectivity index (χ3n) is 4.38. The maximum absolute atomic E-state index is 12.4. The van der Waals surface area contributed by atoms with E-state index in [1.807, 2.05) is 13.0 Å². The number of hydrogen-bond acceptors (Lipinski definition) is 5. The normalized spacial score (nSPS) is 22.9. The Bertz CT molecular complexity index is 768. The van der Waals surface area contributed by atoms with Crippen LogP contribution in [0.1, 0.15) is 30.1 Å². The number of allylic oxidation sites excluding steroid dienone is 2. The fraction of sp³-hybridized carbons (Fsp3) is 0.312. The number of hydrazine groups is 1. The summed E-state index contributed by atoms with van der Waals surface area (Å²) in [5, 5.41) is 11.4. The number of rotatable bonds is 3. The highest BCUT2D eigenvalue weighted by Crippen LogP contribution is 2.36. The Kier molecular flexibility index (Phi) is 3.88. The molecule has 1 aromatic rings. The molecule has 1 N–H and O–H groups in total. The van der Waals surface area contributed by atoms with Crippen molar-refractivity contribution >= 4 is 23.4 Å². The number of nitro groups is 1. The third kappa shape index (κ3) is 2.66. The minimum absolute atomic E-state index is 0.130. The number of carbonyl (C=O) groups excluding carboxylic acids is 3. The van der Waals surface area contributed by atoms with Gasteiger partial charge in [-0.3, -0.25) is 29.9 Å². The first-order chi connectivity index (χ1) is 11.4. The van der Waals surface area contributed by atoms with E-state index in [0.29, 0.717) is 12.8 Å². The molecule has 8 heteroatoms. The third-order valence-corrected chi connectivity index (χ3v) is 4.38. The van der Waals surface area contributed by atoms with Gasteiger partial charge in [0.05, 0.1) is 16.8 Å². The highest BCUT2D eigenvalue weighted by molar-refractivity contribution is 6.08. The fourth-order valence-corrected chi connectivity index (χ4v) is 3.05. The lowest BCUT2D eigenvalue weighted by molar-refractivity contribution is -0.384. The van der Waals surface area contributed by atoms with Crippen LogP contribution in [0.2, 0.25) is 0 Å². The number of fused-ring (bicyclic) bond motifs is 1. The van der Waals surface area contributed by atoms with Gasteiger partial charge in [0.15, 0.2) is 0 Å². The number of nitro benzene ring substituents is 1. The summed E-state index contributed by atoms with van der Waals surface area (Å²) in [4.78, 5) is 47.0. The van der Waals surface area contributed by atoms with E-state index in [0.717, 1.165) is 10.6 Å². The summed E-state index contributed by atoms with van der Waals surface area (Å²) in [6.45, 7) is 1.91. The molecule has 2 aliphatic rings. The molecule has 1 aliphatic heterocycles. The second-order valence-electron chi connectivity index (χ2n) is 5.96. The molecule has 0 spiro atoms. The van der Waals surface area contributed by atoms with E-state index in [-0.39, 0.29) is 11.3 Å². The molecule has 8 nitrogen and oxygen atoms in total. The largest absolute Gasteiger partial charge is 0.272 e. The topological polar surface area (TPSA) is 110 Å². The molecule has 0 radical (unpaired) electrons. The van der Waals surface area contributed by atoms with Crippen molar-refractivity contribution in [2.24, 2.45) is 11.8 Å². The Hall–Kier alpha value is -3.03. The summed E-state index contributed by atoms with van der Waals surface area (Å²) >= 11 is 0. The molecule has 1 aliphatic carbocycles. The summed E-state index contributed by atoms with van der Waals surface area (Å²) in [6.07, 6.45) is 2.94. The predicted octanol–water partition coefficient (Wildman–Crippen LogP) is 1.58. The Morgan fingerprint density at radius 2 is 1.83 bits per heavy atom. The Morgan fingerprint density at radius 1 is 1.21 bits per heavy atom. The highest BCUT2D eigenvalue weighted by atomic mass is 16.6. The molecule has 3 amide bonds. The molecule has 0 saturated carbocycles. The molecule has 1 fully saturated rings. The molecule has 2 atom stereocenters. The summed E-state index contributed by atoms with van der Waals surface area (Å²) in [6, 6.07) is 4.93. The smallest absolute Gasteiger partial charge is 0.270 e. The van der Waals surface area contributed by atoms with Crippen LogP contribution in [0.15, 0.2) is 35.9 Å². The number of nitrogens with one attached hydrogen (secondary N) is 1. The molecule has 1 heterocycles. The second-order valence-corrected chi connectivity index (χ2v) is 5.96. The monoisotopic (exact) mass is 329 g/mol. The van der Waals surface area contributed by atoms with Crippen molar-refractivity contribution in [1.82, 2.24) is 10.4 Å². The first-order valence-electron chi connectivity index (χ1n) is 7.47. The van der Waals surface area contributed by atoms with Gasteiger partial charge >= 0.3 is 0 Å². The lowest BCUT2D eigenvalue weighted by Crippen LogP contribution is -2.46. The first-order valence-corrected chi connectivity index (χ1v) is 7.47. The van der Waals surface area contributed by atoms with E-state index in [1.165, 1.54) is 24.3 Å². The fourth-order valence-electron chi connectivity index (χ4n) is 3.05. The number of carbonyl (C=O) groups is 3. The van der Waals surface area contributed by atoms with E-state index in [2.05, 4.69) is 5.43 Å². The number of nitrogens with zero attached hydrogens (tertiary/aromatic N) is 2. The van der Waals surface area contributed by atoms with Crippen LogP contribution >= 0.6 is 0 Å². The first kappa shape index (κ1) is 15.9. The number of amides is 3. The van der Waals surface area contributed by atoms with Crippen molar-refractivity contribution in [2.75, 3.05) is 0 Å². The van der Waals surface area contributed by atoms with Crippen molar-refractivity contribution in [1.29, 1.82) is 0 Å². The quantitative estimate of drug-likeness (QED) is 0.392. The van der Waals surface area contributed by atoms with Gasteiger partial charge in [-0.05, 0) is 31.9 Å². The van der Waals surface area contributed by atoms with Crippen molar-refractivity contribution in [3.63, 3.8) is 0 Å². The van der Waals surface area contributed by atoms with Gasteiger partial charge in [-0.2, -0.15) is 5.01 Å². The average Bonchev–Trinajstić information content (AvgIpc) is 2.79. The predicted molar refractivity (Wildman–Crippen MR) is 82.4 cm³/mol. The van der Waals surface area contributed by atoms with E-state index in [1.54, 1.807) is 0 Å². The Labute approximate surface area is 137 Å². The molecule has 0 unspecified atom stereocenters. The van der Waals surface area contributed by atoms with Crippen molar-refractivity contribution in [3.05, 3.63) is 51.6 Å². The van der Waals surface area contributed by atoms with Crippen molar-refractivity contribution in [3.8, 4) is 0 Å². The van der Waals surface area contributed by atoms with Gasteiger partial charge in [0.1, 0.15) is 0 Å². The summed E-state index contributed by atoms with van der Waals surface area (Å²) in [7, 11) is 0. The van der Waals surface area contributed by atoms with E-state index in [4.69, 9.17) is 0 Å². The van der Waals surface area contributed by atoms with Crippen LogP contribution in [-0.2, 0) is 9.59 Å². The second kappa shape index (κ2) is 5.88. The molecule has 24 heavy (non-hydrogen) atoms. The maximum atomic E-state index is 12.4. The van der Waals surface area contributed by atoms with Gasteiger partial charge in [-0.1, -0.05) is 11.6 Å². The van der Waals surface area contributed by atoms with Gasteiger partial charge in [0.2, 0.25) is 0 Å². The van der Waals surface area contributed by atoms with Crippen LogP contribution in [0, 0.1) is 22.0 Å². The highest BCUT2D eigenvalue weighted by Gasteiger charge is 2.49. The number of hydrogen-bond donors (Lipinski definition) is 1. The lowest BCUT2D eigenvalue weighted by atomic mass is 9.82. The standard InChI is InChI=1S/C16H15N3O5/c1-9-2-7-12-13(8-9)16(22)18(15(12)21)17-14(20)10-3-5-11(6-4-10)19(23)24/h2-6,12-13H,7-8H2,1H3,(H,17,20)/t12-,13-/m1/s1. The minimum Gasteiger partial charge on any atom is -0.272 e. The zero-order chi connectivity index (χ0) is 17.4. The molecule has 3 rings (SSSR count). The van der Waals surface area contributed by atoms with Crippen LogP contribution in [0.5, 0.6) is 0 Å². The average molecular weight is 329 g/mol. The SMILES string of the molecule is CC1=CC[C@H]2C(=O)N(NC(=O)c3ccc([N+](=O)[O-])cc3)C(=O)[C@@H]2C1. The zero-order valence-electron chi connectivity index (χ0n) is 12.9. The molecular formula is C16H15N3O5. The molecule has 0 aromatic heterocycles. The summed E-state index contributed by atoms with van der Waals surface area (Å²) in [5.41, 5.74) is 3.36. The van der Waals surface area contributed by atoms with E-state index < -0.39 is 34.5 Å². The lowest BCUT2D eigenvalue weighted by Gasteiger charge is -2.18. The van der Waals surface area contributed by atoms with Gasteiger partial charge in [-0.25, -0.2) is 0 Å². The Balaban J connectivity index is 1.74. The summed E-state index contributed by atoms with van der Waals surface area (Å²) in [5.74, 6) is -2.34. The van der Waals surface area contributed by atoms with Crippen LogP contribution in [0.3, 0.4) is 0 Å². The van der Waals surface area contributed by atoms with Crippen molar-refractivity contribution in [2.45, 2.75) is 19.8 Å². The van der Waals surface area contributed by atoms with Crippen LogP contribution in [0.4, 0.5) is 5.69 Å². The van der Waals surface area contributed by atoms with Crippen molar-refractivity contribution < 1.29 is 19.3 Å². The summed E-state index contributed by atoms with van der Waals surface area (Å²) < 4.78 is 0. The molecule has 1 aromatic carbocycles. The van der Waals surface area contributed by atoms with Gasteiger partial charge in [0.25, 0.3) is 23.4 Å². The number of non-ortho nitro benzene ring substituents is 1. The van der Waals surface area contributed by atoms with Gasteiger partial charge in [-0.15, -0.1) is 0 Å². The van der Waals surface area contributed by atoms with Crippen LogP contribution in [0.25, 0.3) is 0 Å². The zero-order valence-corrected chi connectivity index (χ0v) is 12.9.